The standard InChI is InChI=1S/C16H15ClFN3/c1-16(2,3)15-14-13(5-4-8-19-14)21(20-15)10-6-7-11(17)12(18)9-10/h4-9H,1-3H3. The highest BCUT2D eigenvalue weighted by molar-refractivity contribution is 6.30. The molecule has 0 N–H and O–H groups in total. The maximum atomic E-state index is 13.7. The molecule has 0 fully saturated rings. The molecule has 2 aromatic heterocycles. The van der Waals surface area contributed by atoms with Crippen molar-refractivity contribution in [2.45, 2.75) is 26.2 Å². The smallest absolute Gasteiger partial charge is 0.143 e. The largest absolute Gasteiger partial charge is 0.253 e. The molecule has 5 heteroatoms. The monoisotopic (exact) mass is 303 g/mol. The van der Waals surface area contributed by atoms with Gasteiger partial charge >= 0.3 is 0 Å². The van der Waals surface area contributed by atoms with Gasteiger partial charge in [0.05, 0.1) is 21.9 Å². The maximum absolute atomic E-state index is 13.7. The van der Waals surface area contributed by atoms with Crippen LogP contribution in [0.2, 0.25) is 5.02 Å². The van der Waals surface area contributed by atoms with Crippen molar-refractivity contribution >= 4 is 22.6 Å². The van der Waals surface area contributed by atoms with E-state index < -0.39 is 5.82 Å². The van der Waals surface area contributed by atoms with Crippen molar-refractivity contribution in [3.05, 3.63) is 53.1 Å². The third-order valence-electron chi connectivity index (χ3n) is 3.30. The first-order valence-electron chi connectivity index (χ1n) is 6.67. The molecule has 0 aliphatic carbocycles. The van der Waals surface area contributed by atoms with Crippen LogP contribution in [0.3, 0.4) is 0 Å². The number of hydrogen-bond acceptors (Lipinski definition) is 2. The van der Waals surface area contributed by atoms with Gasteiger partial charge in [0, 0.05) is 17.7 Å². The van der Waals surface area contributed by atoms with Crippen molar-refractivity contribution in [2.24, 2.45) is 0 Å². The number of rotatable bonds is 1. The predicted octanol–water partition coefficient (Wildman–Crippen LogP) is 4.51. The minimum atomic E-state index is -0.459. The number of halogens is 2. The molecule has 3 nitrogen and oxygen atoms in total. The molecule has 0 atom stereocenters. The predicted molar refractivity (Wildman–Crippen MR) is 82.5 cm³/mol. The van der Waals surface area contributed by atoms with Gasteiger partial charge in [0.2, 0.25) is 0 Å². The lowest BCUT2D eigenvalue weighted by Crippen LogP contribution is -2.13. The molecular weight excluding hydrogens is 289 g/mol. The van der Waals surface area contributed by atoms with E-state index in [2.05, 4.69) is 30.9 Å². The molecule has 108 valence electrons. The molecule has 0 spiro atoms. The number of pyridine rings is 1. The van der Waals surface area contributed by atoms with Crippen LogP contribution in [0.1, 0.15) is 26.5 Å². The lowest BCUT2D eigenvalue weighted by Gasteiger charge is -2.14. The Morgan fingerprint density at radius 2 is 1.95 bits per heavy atom. The maximum Gasteiger partial charge on any atom is 0.143 e. The van der Waals surface area contributed by atoms with Gasteiger partial charge in [-0.2, -0.15) is 5.10 Å². The van der Waals surface area contributed by atoms with Crippen molar-refractivity contribution in [3.8, 4) is 5.69 Å². The number of nitrogens with zero attached hydrogens (tertiary/aromatic N) is 3. The summed E-state index contributed by atoms with van der Waals surface area (Å²) in [6, 6.07) is 8.44. The van der Waals surface area contributed by atoms with Crippen molar-refractivity contribution in [1.82, 2.24) is 14.8 Å². The van der Waals surface area contributed by atoms with E-state index in [-0.39, 0.29) is 10.4 Å². The third-order valence-corrected chi connectivity index (χ3v) is 3.60. The molecule has 3 rings (SSSR count). The van der Waals surface area contributed by atoms with E-state index in [1.54, 1.807) is 16.9 Å². The molecule has 0 aliphatic heterocycles. The normalized spacial score (nSPS) is 12.0. The van der Waals surface area contributed by atoms with Gasteiger partial charge in [0.15, 0.2) is 0 Å². The Balaban J connectivity index is 2.30. The lowest BCUT2D eigenvalue weighted by molar-refractivity contribution is 0.563. The van der Waals surface area contributed by atoms with Crippen LogP contribution in [0.5, 0.6) is 0 Å². The number of fused-ring (bicyclic) bond motifs is 1. The zero-order chi connectivity index (χ0) is 15.2. The summed E-state index contributed by atoms with van der Waals surface area (Å²) in [5, 5.41) is 4.75. The quantitative estimate of drug-likeness (QED) is 0.662. The van der Waals surface area contributed by atoms with Gasteiger partial charge in [-0.25, -0.2) is 9.07 Å². The van der Waals surface area contributed by atoms with E-state index in [1.807, 2.05) is 12.1 Å². The van der Waals surface area contributed by atoms with Gasteiger partial charge in [-0.15, -0.1) is 0 Å². The highest BCUT2D eigenvalue weighted by atomic mass is 35.5. The van der Waals surface area contributed by atoms with Gasteiger partial charge in [-0.1, -0.05) is 32.4 Å². The average Bonchev–Trinajstić information content (AvgIpc) is 2.81. The summed E-state index contributed by atoms with van der Waals surface area (Å²) in [7, 11) is 0. The SMILES string of the molecule is CC(C)(C)c1nn(-c2ccc(Cl)c(F)c2)c2cccnc12. The van der Waals surface area contributed by atoms with E-state index in [0.717, 1.165) is 16.7 Å². The molecular formula is C16H15ClFN3. The Morgan fingerprint density at radius 3 is 2.62 bits per heavy atom. The van der Waals surface area contributed by atoms with Gasteiger partial charge in [0.25, 0.3) is 0 Å². The van der Waals surface area contributed by atoms with Crippen LogP contribution in [0.15, 0.2) is 36.5 Å². The molecule has 0 saturated heterocycles. The number of aromatic nitrogens is 3. The molecule has 1 aromatic carbocycles. The fourth-order valence-electron chi connectivity index (χ4n) is 2.27. The molecule has 0 bridgehead atoms. The molecule has 0 amide bonds. The molecule has 3 aromatic rings. The third kappa shape index (κ3) is 2.40. The van der Waals surface area contributed by atoms with Crippen LogP contribution in [-0.4, -0.2) is 14.8 Å². The Kier molecular flexibility index (Phi) is 3.21. The molecule has 0 saturated carbocycles. The van der Waals surface area contributed by atoms with Crippen LogP contribution in [0.4, 0.5) is 4.39 Å². The highest BCUT2D eigenvalue weighted by Crippen LogP contribution is 2.30. The van der Waals surface area contributed by atoms with Crippen LogP contribution < -0.4 is 0 Å². The fourth-order valence-corrected chi connectivity index (χ4v) is 2.39. The van der Waals surface area contributed by atoms with Gasteiger partial charge in [-0.05, 0) is 24.3 Å². The topological polar surface area (TPSA) is 30.7 Å². The Morgan fingerprint density at radius 1 is 1.19 bits per heavy atom. The van der Waals surface area contributed by atoms with Crippen LogP contribution >= 0.6 is 11.6 Å². The van der Waals surface area contributed by atoms with Crippen molar-refractivity contribution in [3.63, 3.8) is 0 Å². The van der Waals surface area contributed by atoms with E-state index in [9.17, 15) is 4.39 Å². The van der Waals surface area contributed by atoms with Gasteiger partial charge in [-0.3, -0.25) is 4.98 Å². The average molecular weight is 304 g/mol. The van der Waals surface area contributed by atoms with E-state index in [0.29, 0.717) is 5.69 Å². The summed E-state index contributed by atoms with van der Waals surface area (Å²) in [4.78, 5) is 4.43. The molecule has 21 heavy (non-hydrogen) atoms. The molecule has 0 unspecified atom stereocenters. The van der Waals surface area contributed by atoms with Crippen LogP contribution in [-0.2, 0) is 5.41 Å². The summed E-state index contributed by atoms with van der Waals surface area (Å²) in [5.41, 5.74) is 3.05. The summed E-state index contributed by atoms with van der Waals surface area (Å²) in [5.74, 6) is -0.459. The Hall–Kier alpha value is -1.94. The first kappa shape index (κ1) is 14.0. The molecule has 2 heterocycles. The summed E-state index contributed by atoms with van der Waals surface area (Å²) in [6.07, 6.45) is 1.74. The van der Waals surface area contributed by atoms with E-state index >= 15 is 0 Å². The lowest BCUT2D eigenvalue weighted by atomic mass is 9.91. The number of hydrogen-bond donors (Lipinski definition) is 0. The van der Waals surface area contributed by atoms with Crippen molar-refractivity contribution in [2.75, 3.05) is 0 Å². The molecule has 0 aliphatic rings. The Bertz CT molecular complexity index is 818. The van der Waals surface area contributed by atoms with E-state index in [1.165, 1.54) is 12.1 Å². The summed E-state index contributed by atoms with van der Waals surface area (Å²) < 4.78 is 15.4. The first-order chi connectivity index (χ1) is 9.88. The van der Waals surface area contributed by atoms with Gasteiger partial charge < -0.3 is 0 Å². The second-order valence-electron chi connectivity index (χ2n) is 5.98. The zero-order valence-electron chi connectivity index (χ0n) is 12.1. The minimum absolute atomic E-state index is 0.101. The van der Waals surface area contributed by atoms with Crippen molar-refractivity contribution < 1.29 is 4.39 Å². The highest BCUT2D eigenvalue weighted by Gasteiger charge is 2.23. The van der Waals surface area contributed by atoms with Crippen LogP contribution in [0, 0.1) is 5.82 Å². The fraction of sp³-hybridized carbons (Fsp3) is 0.250. The van der Waals surface area contributed by atoms with E-state index in [4.69, 9.17) is 11.6 Å². The number of benzene rings is 1. The summed E-state index contributed by atoms with van der Waals surface area (Å²) in [6.45, 7) is 6.24. The second kappa shape index (κ2) is 4.81. The molecule has 0 radical (unpaired) electrons. The van der Waals surface area contributed by atoms with Crippen LogP contribution in [0.25, 0.3) is 16.7 Å². The van der Waals surface area contributed by atoms with Gasteiger partial charge in [0.1, 0.15) is 11.3 Å². The van der Waals surface area contributed by atoms with Crippen molar-refractivity contribution in [1.29, 1.82) is 0 Å². The summed E-state index contributed by atoms with van der Waals surface area (Å²) >= 11 is 5.75. The second-order valence-corrected chi connectivity index (χ2v) is 6.39. The zero-order valence-corrected chi connectivity index (χ0v) is 12.8. The minimum Gasteiger partial charge on any atom is -0.253 e. The first-order valence-corrected chi connectivity index (χ1v) is 7.05. The Labute approximate surface area is 127 Å².